The third-order valence-corrected chi connectivity index (χ3v) is 5.74. The van der Waals surface area contributed by atoms with Gasteiger partial charge >= 0.3 is 0 Å². The average Bonchev–Trinajstić information content (AvgIpc) is 2.74. The second-order valence-electron chi connectivity index (χ2n) is 6.96. The molecule has 8 heteroatoms. The van der Waals surface area contributed by atoms with Crippen molar-refractivity contribution >= 4 is 33.0 Å². The standard InChI is InChI=1S/C23H22N2O5S/c1-15-4-13-20(31(3,28)29)14-21(15)23(27)25-17-7-5-16(6-8-17)22(26)24-18-9-11-19(30-2)12-10-18/h4-14H,1-3H3,(H,24,26)(H,25,27). The number of sulfone groups is 1. The summed E-state index contributed by atoms with van der Waals surface area (Å²) in [5.74, 6) is -0.0337. The van der Waals surface area contributed by atoms with Crippen LogP contribution in [0.5, 0.6) is 5.75 Å². The van der Waals surface area contributed by atoms with E-state index in [1.165, 1.54) is 12.1 Å². The lowest BCUT2D eigenvalue weighted by Crippen LogP contribution is -2.15. The van der Waals surface area contributed by atoms with Crippen molar-refractivity contribution in [3.63, 3.8) is 0 Å². The van der Waals surface area contributed by atoms with Crippen LogP contribution in [0, 0.1) is 6.92 Å². The van der Waals surface area contributed by atoms with Crippen LogP contribution in [-0.2, 0) is 9.84 Å². The van der Waals surface area contributed by atoms with Gasteiger partial charge in [-0.15, -0.1) is 0 Å². The van der Waals surface area contributed by atoms with Gasteiger partial charge in [0.1, 0.15) is 5.75 Å². The van der Waals surface area contributed by atoms with E-state index in [0.29, 0.717) is 28.3 Å². The number of aryl methyl sites for hydroxylation is 1. The van der Waals surface area contributed by atoms with Crippen LogP contribution >= 0.6 is 0 Å². The third-order valence-electron chi connectivity index (χ3n) is 4.63. The summed E-state index contributed by atoms with van der Waals surface area (Å²) in [5, 5.41) is 5.51. The fourth-order valence-electron chi connectivity index (χ4n) is 2.86. The minimum atomic E-state index is -3.42. The zero-order valence-corrected chi connectivity index (χ0v) is 18.1. The number of rotatable bonds is 6. The van der Waals surface area contributed by atoms with Crippen molar-refractivity contribution in [1.29, 1.82) is 0 Å². The van der Waals surface area contributed by atoms with Crippen molar-refractivity contribution in [2.45, 2.75) is 11.8 Å². The Balaban J connectivity index is 1.70. The maximum absolute atomic E-state index is 12.6. The van der Waals surface area contributed by atoms with Crippen molar-refractivity contribution in [2.24, 2.45) is 0 Å². The van der Waals surface area contributed by atoms with Crippen molar-refractivity contribution < 1.29 is 22.7 Å². The molecule has 31 heavy (non-hydrogen) atoms. The highest BCUT2D eigenvalue weighted by atomic mass is 32.2. The number of carbonyl (C=O) groups is 2. The Morgan fingerprint density at radius 3 is 1.90 bits per heavy atom. The van der Waals surface area contributed by atoms with Crippen LogP contribution < -0.4 is 15.4 Å². The van der Waals surface area contributed by atoms with E-state index in [0.717, 1.165) is 6.26 Å². The largest absolute Gasteiger partial charge is 0.497 e. The Bertz CT molecular complexity index is 1220. The van der Waals surface area contributed by atoms with Gasteiger partial charge in [0, 0.05) is 28.8 Å². The van der Waals surface area contributed by atoms with E-state index in [1.54, 1.807) is 68.6 Å². The Labute approximate surface area is 181 Å². The van der Waals surface area contributed by atoms with Gasteiger partial charge in [-0.2, -0.15) is 0 Å². The van der Waals surface area contributed by atoms with Crippen molar-refractivity contribution in [3.05, 3.63) is 83.4 Å². The quantitative estimate of drug-likeness (QED) is 0.608. The highest BCUT2D eigenvalue weighted by Gasteiger charge is 2.15. The Hall–Kier alpha value is -3.65. The molecule has 0 aliphatic carbocycles. The number of benzene rings is 3. The summed E-state index contributed by atoms with van der Waals surface area (Å²) in [5.41, 5.74) is 2.45. The highest BCUT2D eigenvalue weighted by Crippen LogP contribution is 2.19. The molecule has 0 heterocycles. The molecule has 3 aromatic carbocycles. The van der Waals surface area contributed by atoms with Crippen molar-refractivity contribution in [2.75, 3.05) is 24.0 Å². The summed E-state index contributed by atoms with van der Waals surface area (Å²) in [6.07, 6.45) is 1.09. The first-order chi connectivity index (χ1) is 14.7. The number of anilines is 2. The van der Waals surface area contributed by atoms with Crippen LogP contribution in [0.1, 0.15) is 26.3 Å². The van der Waals surface area contributed by atoms with Gasteiger partial charge in [-0.3, -0.25) is 9.59 Å². The monoisotopic (exact) mass is 438 g/mol. The lowest BCUT2D eigenvalue weighted by atomic mass is 10.1. The molecule has 0 aliphatic rings. The topological polar surface area (TPSA) is 102 Å². The molecule has 0 saturated carbocycles. The van der Waals surface area contributed by atoms with Crippen molar-refractivity contribution in [1.82, 2.24) is 0 Å². The summed E-state index contributed by atoms with van der Waals surface area (Å²) in [6, 6.07) is 17.8. The average molecular weight is 439 g/mol. The first-order valence-corrected chi connectivity index (χ1v) is 11.2. The molecular weight excluding hydrogens is 416 g/mol. The molecule has 0 fully saturated rings. The number of nitrogens with one attached hydrogen (secondary N) is 2. The maximum atomic E-state index is 12.6. The number of hydrogen-bond donors (Lipinski definition) is 2. The smallest absolute Gasteiger partial charge is 0.255 e. The molecule has 3 rings (SSSR count). The van der Waals surface area contributed by atoms with Gasteiger partial charge in [-0.1, -0.05) is 6.07 Å². The van der Waals surface area contributed by atoms with Gasteiger partial charge in [0.15, 0.2) is 9.84 Å². The van der Waals surface area contributed by atoms with Gasteiger partial charge in [0.2, 0.25) is 0 Å². The number of ether oxygens (including phenoxy) is 1. The van der Waals surface area contributed by atoms with Gasteiger partial charge in [-0.25, -0.2) is 8.42 Å². The summed E-state index contributed by atoms with van der Waals surface area (Å²) in [4.78, 5) is 25.1. The van der Waals surface area contributed by atoms with E-state index in [9.17, 15) is 18.0 Å². The molecule has 0 atom stereocenters. The summed E-state index contributed by atoms with van der Waals surface area (Å²) >= 11 is 0. The normalized spacial score (nSPS) is 10.9. The second-order valence-corrected chi connectivity index (χ2v) is 8.98. The fraction of sp³-hybridized carbons (Fsp3) is 0.130. The van der Waals surface area contributed by atoms with E-state index in [1.807, 2.05) is 0 Å². The number of hydrogen-bond acceptors (Lipinski definition) is 5. The number of amides is 2. The molecule has 2 N–H and O–H groups in total. The van der Waals surface area contributed by atoms with Crippen molar-refractivity contribution in [3.8, 4) is 5.75 Å². The SMILES string of the molecule is COc1ccc(NC(=O)c2ccc(NC(=O)c3cc(S(C)(=O)=O)ccc3C)cc2)cc1. The lowest BCUT2D eigenvalue weighted by molar-refractivity contribution is 0.101. The number of carbonyl (C=O) groups excluding carboxylic acids is 2. The van der Waals surface area contributed by atoms with E-state index < -0.39 is 15.7 Å². The molecule has 0 bridgehead atoms. The van der Waals surface area contributed by atoms with Gasteiger partial charge in [0.05, 0.1) is 12.0 Å². The first-order valence-electron chi connectivity index (χ1n) is 9.35. The molecular formula is C23H22N2O5S. The molecule has 2 amide bonds. The zero-order chi connectivity index (χ0) is 22.6. The molecule has 0 saturated heterocycles. The Kier molecular flexibility index (Phi) is 6.41. The van der Waals surface area contributed by atoms with E-state index in [4.69, 9.17) is 4.74 Å². The molecule has 3 aromatic rings. The highest BCUT2D eigenvalue weighted by molar-refractivity contribution is 7.90. The van der Waals surface area contributed by atoms with Crippen LogP contribution in [0.3, 0.4) is 0 Å². The fourth-order valence-corrected chi connectivity index (χ4v) is 3.50. The Morgan fingerprint density at radius 2 is 1.35 bits per heavy atom. The molecule has 0 unspecified atom stereocenters. The van der Waals surface area contributed by atoms with Gasteiger partial charge < -0.3 is 15.4 Å². The van der Waals surface area contributed by atoms with Gasteiger partial charge in [-0.05, 0) is 73.2 Å². The minimum Gasteiger partial charge on any atom is -0.497 e. The van der Waals surface area contributed by atoms with E-state index in [-0.39, 0.29) is 16.4 Å². The van der Waals surface area contributed by atoms with Crippen LogP contribution in [-0.4, -0.2) is 33.6 Å². The molecule has 0 aromatic heterocycles. The maximum Gasteiger partial charge on any atom is 0.255 e. The summed E-state index contributed by atoms with van der Waals surface area (Å²) in [6.45, 7) is 1.73. The summed E-state index contributed by atoms with van der Waals surface area (Å²) < 4.78 is 28.6. The van der Waals surface area contributed by atoms with E-state index >= 15 is 0 Å². The second kappa shape index (κ2) is 9.01. The Morgan fingerprint density at radius 1 is 0.806 bits per heavy atom. The summed E-state index contributed by atoms with van der Waals surface area (Å²) in [7, 11) is -1.86. The lowest BCUT2D eigenvalue weighted by Gasteiger charge is -2.10. The molecule has 160 valence electrons. The van der Waals surface area contributed by atoms with Crippen LogP contribution in [0.4, 0.5) is 11.4 Å². The van der Waals surface area contributed by atoms with Gasteiger partial charge in [0.25, 0.3) is 11.8 Å². The van der Waals surface area contributed by atoms with E-state index in [2.05, 4.69) is 10.6 Å². The predicted octanol–water partition coefficient (Wildman–Crippen LogP) is 3.91. The predicted molar refractivity (Wildman–Crippen MR) is 120 cm³/mol. The van der Waals surface area contributed by atoms with Crippen LogP contribution in [0.2, 0.25) is 0 Å². The molecule has 0 spiro atoms. The molecule has 0 aliphatic heterocycles. The molecule has 7 nitrogen and oxygen atoms in total. The number of methoxy groups -OCH3 is 1. The first kappa shape index (κ1) is 22.0. The minimum absolute atomic E-state index is 0.0776. The zero-order valence-electron chi connectivity index (χ0n) is 17.3. The molecule has 0 radical (unpaired) electrons. The third kappa shape index (κ3) is 5.49. The van der Waals surface area contributed by atoms with Crippen LogP contribution in [0.25, 0.3) is 0 Å². The van der Waals surface area contributed by atoms with Crippen LogP contribution in [0.15, 0.2) is 71.6 Å².